The standard InChI is InChI=1S/C35H46ClF2N3O2/c1-21(2)41(23(4)42)32-10-11-35(29-16-22(3)30(36)18-26(29)32)12-14-39(15-13-35)33(43)28-20-40(34(5,6)7)19-27(28)25-9-8-24(37)17-31(25)38/h8-9,16-18,21,27-28,32H,10-15,19-20H2,1-7H3/p+1/t27-,28?,32+/m0/s1. The number of hydrogen-bond donors (Lipinski definition) is 1. The third-order valence-corrected chi connectivity index (χ3v) is 11.0. The van der Waals surface area contributed by atoms with Crippen LogP contribution in [0.4, 0.5) is 8.78 Å². The zero-order valence-corrected chi connectivity index (χ0v) is 27.5. The molecule has 0 radical (unpaired) electrons. The highest BCUT2D eigenvalue weighted by molar-refractivity contribution is 6.31. The van der Waals surface area contributed by atoms with Gasteiger partial charge < -0.3 is 14.7 Å². The van der Waals surface area contributed by atoms with Crippen molar-refractivity contribution in [2.45, 2.75) is 103 Å². The monoisotopic (exact) mass is 614 g/mol. The fourth-order valence-corrected chi connectivity index (χ4v) is 8.35. The summed E-state index contributed by atoms with van der Waals surface area (Å²) in [6, 6.07) is 8.10. The van der Waals surface area contributed by atoms with Crippen molar-refractivity contribution in [1.82, 2.24) is 9.80 Å². The fourth-order valence-electron chi connectivity index (χ4n) is 8.18. The van der Waals surface area contributed by atoms with Gasteiger partial charge >= 0.3 is 0 Å². The number of aryl methyl sites for hydroxylation is 1. The van der Waals surface area contributed by atoms with Crippen LogP contribution in [0.15, 0.2) is 30.3 Å². The second-order valence-corrected chi connectivity index (χ2v) is 14.9. The number of halogens is 3. The van der Waals surface area contributed by atoms with E-state index in [4.69, 9.17) is 11.6 Å². The molecule has 2 heterocycles. The van der Waals surface area contributed by atoms with Crippen LogP contribution in [-0.2, 0) is 15.0 Å². The smallest absolute Gasteiger partial charge is 0.232 e. The molecule has 2 unspecified atom stereocenters. The van der Waals surface area contributed by atoms with Gasteiger partial charge in [-0.15, -0.1) is 0 Å². The summed E-state index contributed by atoms with van der Waals surface area (Å²) in [6.45, 7) is 16.7. The number of carbonyl (C=O) groups is 2. The summed E-state index contributed by atoms with van der Waals surface area (Å²) in [4.78, 5) is 32.1. The van der Waals surface area contributed by atoms with E-state index in [1.54, 1.807) is 6.92 Å². The van der Waals surface area contributed by atoms with E-state index < -0.39 is 11.6 Å². The number of fused-ring (bicyclic) bond motifs is 2. The molecule has 5 rings (SSSR count). The van der Waals surface area contributed by atoms with E-state index in [-0.39, 0.29) is 46.7 Å². The highest BCUT2D eigenvalue weighted by atomic mass is 35.5. The molecule has 1 N–H and O–H groups in total. The second kappa shape index (κ2) is 11.8. The van der Waals surface area contributed by atoms with Crippen molar-refractivity contribution in [3.63, 3.8) is 0 Å². The Kier molecular flexibility index (Phi) is 8.73. The van der Waals surface area contributed by atoms with Crippen LogP contribution in [0.25, 0.3) is 0 Å². The van der Waals surface area contributed by atoms with Crippen LogP contribution in [0.1, 0.15) is 101 Å². The van der Waals surface area contributed by atoms with Crippen LogP contribution in [0.3, 0.4) is 0 Å². The molecule has 5 nitrogen and oxygen atoms in total. The SMILES string of the molecule is CC(=O)N(C(C)C)[C@@H]1CCC2(CCN(C(=O)C3C[NH+](C(C)(C)C)C[C@H]3c3ccc(F)cc3F)CC2)c2cc(C)c(Cl)cc21. The van der Waals surface area contributed by atoms with E-state index in [0.29, 0.717) is 36.8 Å². The minimum absolute atomic E-state index is 0.0212. The van der Waals surface area contributed by atoms with Crippen LogP contribution >= 0.6 is 11.6 Å². The van der Waals surface area contributed by atoms with Crippen molar-refractivity contribution in [3.05, 3.63) is 69.2 Å². The summed E-state index contributed by atoms with van der Waals surface area (Å²) in [5.74, 6) is -1.69. The Morgan fingerprint density at radius 3 is 2.30 bits per heavy atom. The lowest BCUT2D eigenvalue weighted by Gasteiger charge is -2.50. The van der Waals surface area contributed by atoms with Crippen molar-refractivity contribution >= 4 is 23.4 Å². The first-order valence-electron chi connectivity index (χ1n) is 15.8. The lowest BCUT2D eigenvalue weighted by Crippen LogP contribution is -3.17. The van der Waals surface area contributed by atoms with E-state index in [1.807, 2.05) is 16.7 Å². The maximum Gasteiger partial charge on any atom is 0.232 e. The topological polar surface area (TPSA) is 45.1 Å². The number of rotatable bonds is 4. The van der Waals surface area contributed by atoms with Crippen LogP contribution in [0.5, 0.6) is 0 Å². The molecule has 2 amide bonds. The van der Waals surface area contributed by atoms with E-state index in [0.717, 1.165) is 42.9 Å². The number of nitrogens with zero attached hydrogens (tertiary/aromatic N) is 2. The number of likely N-dealkylation sites (tertiary alicyclic amines) is 2. The van der Waals surface area contributed by atoms with Gasteiger partial charge in [-0.1, -0.05) is 23.7 Å². The Morgan fingerprint density at radius 1 is 1.05 bits per heavy atom. The summed E-state index contributed by atoms with van der Waals surface area (Å²) >= 11 is 6.66. The van der Waals surface area contributed by atoms with Crippen molar-refractivity contribution in [1.29, 1.82) is 0 Å². The van der Waals surface area contributed by atoms with Crippen LogP contribution in [-0.4, -0.2) is 59.4 Å². The quantitative estimate of drug-likeness (QED) is 0.461. The first kappa shape index (κ1) is 31.9. The number of hydrogen-bond acceptors (Lipinski definition) is 2. The van der Waals surface area contributed by atoms with Gasteiger partial charge in [-0.3, -0.25) is 9.59 Å². The van der Waals surface area contributed by atoms with E-state index in [2.05, 4.69) is 46.8 Å². The number of quaternary nitrogens is 1. The Balaban J connectivity index is 1.41. The van der Waals surface area contributed by atoms with Crippen molar-refractivity contribution in [2.75, 3.05) is 26.2 Å². The van der Waals surface area contributed by atoms with Gasteiger partial charge in [0.25, 0.3) is 0 Å². The molecular weight excluding hydrogens is 568 g/mol. The molecule has 0 bridgehead atoms. The zero-order valence-electron chi connectivity index (χ0n) is 26.7. The molecule has 1 spiro atoms. The molecule has 8 heteroatoms. The van der Waals surface area contributed by atoms with Gasteiger partial charge in [-0.2, -0.15) is 0 Å². The molecule has 3 aliphatic rings. The Bertz CT molecular complexity index is 1400. The summed E-state index contributed by atoms with van der Waals surface area (Å²) < 4.78 is 28.8. The zero-order chi connectivity index (χ0) is 31.4. The van der Waals surface area contributed by atoms with Gasteiger partial charge in [-0.05, 0) is 107 Å². The number of nitrogens with one attached hydrogen (secondary N) is 1. The molecule has 2 aromatic carbocycles. The van der Waals surface area contributed by atoms with Gasteiger partial charge in [0.2, 0.25) is 11.8 Å². The second-order valence-electron chi connectivity index (χ2n) is 14.5. The van der Waals surface area contributed by atoms with E-state index in [1.165, 1.54) is 22.6 Å². The van der Waals surface area contributed by atoms with Gasteiger partial charge in [-0.25, -0.2) is 8.78 Å². The number of carbonyl (C=O) groups excluding carboxylic acids is 2. The van der Waals surface area contributed by atoms with E-state index in [9.17, 15) is 14.0 Å². The first-order valence-corrected chi connectivity index (χ1v) is 16.2. The van der Waals surface area contributed by atoms with Gasteiger partial charge in [0, 0.05) is 37.1 Å². The molecule has 0 aromatic heterocycles. The summed E-state index contributed by atoms with van der Waals surface area (Å²) in [5, 5.41) is 0.715. The van der Waals surface area contributed by atoms with Gasteiger partial charge in [0.05, 0.1) is 36.5 Å². The summed E-state index contributed by atoms with van der Waals surface area (Å²) in [5.41, 5.74) is 3.68. The largest absolute Gasteiger partial charge is 0.342 e. The fraction of sp³-hybridized carbons (Fsp3) is 0.600. The molecule has 2 fully saturated rings. The van der Waals surface area contributed by atoms with Crippen molar-refractivity contribution in [2.24, 2.45) is 5.92 Å². The first-order chi connectivity index (χ1) is 20.1. The number of benzene rings is 2. The molecular formula is C35H47ClF2N3O2+. The predicted molar refractivity (Wildman–Crippen MR) is 166 cm³/mol. The van der Waals surface area contributed by atoms with Crippen LogP contribution in [0.2, 0.25) is 5.02 Å². The minimum atomic E-state index is -0.602. The predicted octanol–water partition coefficient (Wildman–Crippen LogP) is 5.98. The molecule has 0 saturated carbocycles. The highest BCUT2D eigenvalue weighted by Gasteiger charge is 2.50. The Morgan fingerprint density at radius 2 is 1.72 bits per heavy atom. The lowest BCUT2D eigenvalue weighted by atomic mass is 9.63. The van der Waals surface area contributed by atoms with E-state index >= 15 is 4.39 Å². The van der Waals surface area contributed by atoms with Crippen LogP contribution < -0.4 is 4.90 Å². The van der Waals surface area contributed by atoms with Crippen molar-refractivity contribution < 1.29 is 23.3 Å². The molecule has 43 heavy (non-hydrogen) atoms. The maximum atomic E-state index is 15.0. The normalized spacial score (nSPS) is 25.2. The Hall–Kier alpha value is -2.51. The third-order valence-electron chi connectivity index (χ3n) is 10.6. The molecule has 234 valence electrons. The number of amides is 2. The van der Waals surface area contributed by atoms with Gasteiger partial charge in [0.1, 0.15) is 11.6 Å². The molecule has 1 aliphatic carbocycles. The summed E-state index contributed by atoms with van der Waals surface area (Å²) in [7, 11) is 0. The molecule has 2 saturated heterocycles. The third kappa shape index (κ3) is 5.96. The molecule has 2 aliphatic heterocycles. The summed E-state index contributed by atoms with van der Waals surface area (Å²) in [6.07, 6.45) is 3.47. The average Bonchev–Trinajstić information content (AvgIpc) is 3.37. The lowest BCUT2D eigenvalue weighted by molar-refractivity contribution is -0.936. The highest BCUT2D eigenvalue weighted by Crippen LogP contribution is 2.51. The minimum Gasteiger partial charge on any atom is -0.342 e. The molecule has 2 aromatic rings. The Labute approximate surface area is 260 Å². The van der Waals surface area contributed by atoms with Crippen LogP contribution in [0, 0.1) is 24.5 Å². The number of piperidine rings is 1. The van der Waals surface area contributed by atoms with Crippen molar-refractivity contribution in [3.8, 4) is 0 Å². The van der Waals surface area contributed by atoms with Gasteiger partial charge in [0.15, 0.2) is 0 Å². The average molecular weight is 615 g/mol. The maximum absolute atomic E-state index is 15.0. The molecule has 4 atom stereocenters.